The molecule has 0 radical (unpaired) electrons. The summed E-state index contributed by atoms with van der Waals surface area (Å²) in [5.74, 6) is 0.421. The summed E-state index contributed by atoms with van der Waals surface area (Å²) in [5.41, 5.74) is 8.15. The fourth-order valence-corrected chi connectivity index (χ4v) is 5.23. The van der Waals surface area contributed by atoms with Crippen molar-refractivity contribution < 1.29 is 4.79 Å². The summed E-state index contributed by atoms with van der Waals surface area (Å²) in [7, 11) is 0. The van der Waals surface area contributed by atoms with E-state index < -0.39 is 5.91 Å². The molecule has 9 heteroatoms. The number of rotatable bonds is 7. The molecule has 2 heterocycles. The zero-order valence-electron chi connectivity index (χ0n) is 17.5. The summed E-state index contributed by atoms with van der Waals surface area (Å²) in [6.45, 7) is 4.71. The van der Waals surface area contributed by atoms with Crippen LogP contribution in [-0.4, -0.2) is 20.4 Å². The fraction of sp³-hybridized carbons (Fsp3) is 0.217. The van der Waals surface area contributed by atoms with E-state index in [0.29, 0.717) is 44.9 Å². The molecule has 0 aliphatic rings. The minimum Gasteiger partial charge on any atom is -0.366 e. The molecule has 1 amide bonds. The van der Waals surface area contributed by atoms with Gasteiger partial charge in [-0.3, -0.25) is 14.2 Å². The number of nitrogens with zero attached hydrogens (tertiary/aromatic N) is 3. The van der Waals surface area contributed by atoms with E-state index in [4.69, 9.17) is 27.3 Å². The van der Waals surface area contributed by atoms with Crippen molar-refractivity contribution in [3.8, 4) is 10.6 Å². The van der Waals surface area contributed by atoms with Gasteiger partial charge in [0, 0.05) is 33.8 Å². The number of halogens is 1. The predicted octanol–water partition coefficient (Wildman–Crippen LogP) is 5.22. The van der Waals surface area contributed by atoms with Crippen molar-refractivity contribution in [1.29, 1.82) is 0 Å². The van der Waals surface area contributed by atoms with Gasteiger partial charge in [0.05, 0.1) is 16.6 Å². The molecule has 2 N–H and O–H groups in total. The molecule has 6 nitrogen and oxygen atoms in total. The lowest BCUT2D eigenvalue weighted by Gasteiger charge is -2.14. The lowest BCUT2D eigenvalue weighted by molar-refractivity contribution is 0.100. The molecule has 32 heavy (non-hydrogen) atoms. The maximum atomic E-state index is 13.1. The van der Waals surface area contributed by atoms with Crippen LogP contribution in [0.5, 0.6) is 0 Å². The fourth-order valence-electron chi connectivity index (χ4n) is 3.23. The van der Waals surface area contributed by atoms with Gasteiger partial charge in [-0.05, 0) is 36.2 Å². The zero-order chi connectivity index (χ0) is 22.8. The number of thioether (sulfide) groups is 1. The molecule has 0 aliphatic heterocycles. The molecule has 0 saturated carbocycles. The quantitative estimate of drug-likeness (QED) is 0.287. The van der Waals surface area contributed by atoms with Gasteiger partial charge in [0.2, 0.25) is 5.91 Å². The lowest BCUT2D eigenvalue weighted by Crippen LogP contribution is -2.25. The van der Waals surface area contributed by atoms with Crippen LogP contribution < -0.4 is 11.3 Å². The number of carbonyl (C=O) groups is 1. The van der Waals surface area contributed by atoms with Crippen molar-refractivity contribution in [3.63, 3.8) is 0 Å². The van der Waals surface area contributed by atoms with Gasteiger partial charge < -0.3 is 5.73 Å². The first-order valence-corrected chi connectivity index (χ1v) is 12.2. The van der Waals surface area contributed by atoms with Crippen molar-refractivity contribution in [3.05, 3.63) is 74.5 Å². The first-order valence-electron chi connectivity index (χ1n) is 9.99. The monoisotopic (exact) mass is 484 g/mol. The summed E-state index contributed by atoms with van der Waals surface area (Å²) >= 11 is 9.12. The van der Waals surface area contributed by atoms with Crippen molar-refractivity contribution in [2.75, 3.05) is 0 Å². The van der Waals surface area contributed by atoms with Crippen LogP contribution in [0.2, 0.25) is 5.02 Å². The first kappa shape index (κ1) is 22.5. The lowest BCUT2D eigenvalue weighted by atomic mass is 10.1. The van der Waals surface area contributed by atoms with E-state index in [1.807, 2.05) is 17.5 Å². The molecule has 2 aromatic carbocycles. The van der Waals surface area contributed by atoms with Gasteiger partial charge in [0.15, 0.2) is 5.16 Å². The van der Waals surface area contributed by atoms with E-state index in [0.717, 1.165) is 16.3 Å². The third kappa shape index (κ3) is 4.87. The van der Waals surface area contributed by atoms with Gasteiger partial charge >= 0.3 is 0 Å². The molecular formula is C23H21ClN4O2S2. The second kappa shape index (κ2) is 9.44. The van der Waals surface area contributed by atoms with E-state index in [9.17, 15) is 9.59 Å². The Morgan fingerprint density at radius 2 is 1.94 bits per heavy atom. The van der Waals surface area contributed by atoms with Gasteiger partial charge in [-0.2, -0.15) is 0 Å². The van der Waals surface area contributed by atoms with E-state index in [1.54, 1.807) is 34.9 Å². The third-order valence-electron chi connectivity index (χ3n) is 4.75. The molecule has 0 unspecified atom stereocenters. The highest BCUT2D eigenvalue weighted by atomic mass is 35.5. The third-order valence-corrected chi connectivity index (χ3v) is 6.93. The summed E-state index contributed by atoms with van der Waals surface area (Å²) in [4.78, 5) is 33.8. The highest BCUT2D eigenvalue weighted by molar-refractivity contribution is 7.98. The SMILES string of the molecule is CC(C)Cn1c(SCc2csc(-c3ccc(C(N)=O)cc3)n2)nc2ccc(Cl)cc2c1=O. The number of benzene rings is 2. The van der Waals surface area contributed by atoms with Gasteiger partial charge in [-0.1, -0.05) is 49.3 Å². The second-order valence-corrected chi connectivity index (χ2v) is 9.98. The largest absolute Gasteiger partial charge is 0.366 e. The molecular weight excluding hydrogens is 464 g/mol. The molecule has 0 saturated heterocycles. The van der Waals surface area contributed by atoms with E-state index in [2.05, 4.69) is 13.8 Å². The zero-order valence-corrected chi connectivity index (χ0v) is 19.9. The van der Waals surface area contributed by atoms with Gasteiger partial charge in [-0.25, -0.2) is 9.97 Å². The number of amides is 1. The van der Waals surface area contributed by atoms with E-state index >= 15 is 0 Å². The normalized spacial score (nSPS) is 11.4. The average molecular weight is 485 g/mol. The first-order chi connectivity index (χ1) is 15.3. The van der Waals surface area contributed by atoms with Crippen molar-refractivity contribution in [2.24, 2.45) is 11.7 Å². The summed E-state index contributed by atoms with van der Waals surface area (Å²) < 4.78 is 1.73. The number of carbonyl (C=O) groups excluding carboxylic acids is 1. The van der Waals surface area contributed by atoms with Crippen LogP contribution in [0.15, 0.2) is 57.8 Å². The van der Waals surface area contributed by atoms with Crippen LogP contribution >= 0.6 is 34.7 Å². The molecule has 0 aliphatic carbocycles. The van der Waals surface area contributed by atoms with Crippen LogP contribution in [0.4, 0.5) is 0 Å². The van der Waals surface area contributed by atoms with Crippen molar-refractivity contribution >= 4 is 51.5 Å². The Labute approximate surface area is 198 Å². The van der Waals surface area contributed by atoms with E-state index in [-0.39, 0.29) is 5.56 Å². The number of thiazole rings is 1. The molecule has 4 aromatic rings. The van der Waals surface area contributed by atoms with Gasteiger partial charge in [0.25, 0.3) is 5.56 Å². The second-order valence-electron chi connectivity index (χ2n) is 7.74. The van der Waals surface area contributed by atoms with E-state index in [1.165, 1.54) is 23.1 Å². The van der Waals surface area contributed by atoms with Crippen LogP contribution in [0.1, 0.15) is 29.9 Å². The number of hydrogen-bond acceptors (Lipinski definition) is 6. The van der Waals surface area contributed by atoms with Crippen LogP contribution in [0, 0.1) is 5.92 Å². The summed E-state index contributed by atoms with van der Waals surface area (Å²) in [6.07, 6.45) is 0. The maximum absolute atomic E-state index is 13.1. The van der Waals surface area contributed by atoms with Gasteiger partial charge in [0.1, 0.15) is 5.01 Å². The standard InChI is InChI=1S/C23H21ClN4O2S2/c1-13(2)10-28-22(30)18-9-16(24)7-8-19(18)27-23(28)32-12-17-11-31-21(26-17)15-5-3-14(4-6-15)20(25)29/h3-9,11,13H,10,12H2,1-2H3,(H2,25,29). The minimum absolute atomic E-state index is 0.0813. The van der Waals surface area contributed by atoms with Gasteiger partial charge in [-0.15, -0.1) is 11.3 Å². The predicted molar refractivity (Wildman–Crippen MR) is 131 cm³/mol. The van der Waals surface area contributed by atoms with Crippen LogP contribution in [0.25, 0.3) is 21.5 Å². The van der Waals surface area contributed by atoms with Crippen molar-refractivity contribution in [1.82, 2.24) is 14.5 Å². The Balaban J connectivity index is 1.59. The minimum atomic E-state index is -0.453. The molecule has 164 valence electrons. The molecule has 0 atom stereocenters. The highest BCUT2D eigenvalue weighted by Gasteiger charge is 2.14. The highest BCUT2D eigenvalue weighted by Crippen LogP contribution is 2.28. The average Bonchev–Trinajstić information content (AvgIpc) is 3.24. The Hall–Kier alpha value is -2.68. The Morgan fingerprint density at radius 3 is 2.62 bits per heavy atom. The number of aromatic nitrogens is 3. The smallest absolute Gasteiger partial charge is 0.262 e. The maximum Gasteiger partial charge on any atom is 0.262 e. The number of nitrogens with two attached hydrogens (primary N) is 1. The molecule has 2 aromatic heterocycles. The Bertz CT molecular complexity index is 1350. The molecule has 0 bridgehead atoms. The Morgan fingerprint density at radius 1 is 1.19 bits per heavy atom. The molecule has 0 fully saturated rings. The van der Waals surface area contributed by atoms with Crippen LogP contribution in [-0.2, 0) is 12.3 Å². The topological polar surface area (TPSA) is 90.9 Å². The molecule has 0 spiro atoms. The molecule has 4 rings (SSSR count). The number of fused-ring (bicyclic) bond motifs is 1. The summed E-state index contributed by atoms with van der Waals surface area (Å²) in [5, 5.41) is 4.57. The summed E-state index contributed by atoms with van der Waals surface area (Å²) in [6, 6.07) is 12.3. The number of primary amides is 1. The van der Waals surface area contributed by atoms with Crippen LogP contribution in [0.3, 0.4) is 0 Å². The number of hydrogen-bond donors (Lipinski definition) is 1. The van der Waals surface area contributed by atoms with Crippen molar-refractivity contribution in [2.45, 2.75) is 31.3 Å². The Kier molecular flexibility index (Phi) is 6.64.